The van der Waals surface area contributed by atoms with Crippen molar-refractivity contribution in [3.05, 3.63) is 0 Å². The van der Waals surface area contributed by atoms with Gasteiger partial charge < -0.3 is 10.6 Å². The topological polar surface area (TPSA) is 30.5 Å². The van der Waals surface area contributed by atoms with E-state index in [2.05, 4.69) is 48.4 Å². The van der Waals surface area contributed by atoms with E-state index in [1.807, 2.05) is 0 Å². The Balaban J connectivity index is 0.000000121. The van der Waals surface area contributed by atoms with Crippen LogP contribution in [0.3, 0.4) is 0 Å². The van der Waals surface area contributed by atoms with Crippen LogP contribution in [0.4, 0.5) is 0 Å². The average molecular weight is 280 g/mol. The van der Waals surface area contributed by atoms with Gasteiger partial charge in [0.25, 0.3) is 0 Å². The second-order valence-electron chi connectivity index (χ2n) is 7.47. The Bertz CT molecular complexity index is 298. The molecule has 0 spiro atoms. The van der Waals surface area contributed by atoms with Gasteiger partial charge in [-0.2, -0.15) is 0 Å². The first-order chi connectivity index (χ1) is 9.58. The van der Waals surface area contributed by atoms with Crippen molar-refractivity contribution in [1.29, 1.82) is 0 Å². The third-order valence-electron chi connectivity index (χ3n) is 6.33. The van der Waals surface area contributed by atoms with Crippen molar-refractivity contribution in [2.24, 2.45) is 11.8 Å². The van der Waals surface area contributed by atoms with Gasteiger partial charge in [-0.05, 0) is 65.7 Å². The summed E-state index contributed by atoms with van der Waals surface area (Å²) < 4.78 is 0. The Morgan fingerprint density at radius 2 is 1.10 bits per heavy atom. The van der Waals surface area contributed by atoms with E-state index < -0.39 is 0 Å². The minimum Gasteiger partial charge on any atom is -0.315 e. The number of hydrogen-bond donors (Lipinski definition) is 2. The summed E-state index contributed by atoms with van der Waals surface area (Å²) in [5.41, 5.74) is 0. The van der Waals surface area contributed by atoms with E-state index in [9.17, 15) is 0 Å². The van der Waals surface area contributed by atoms with Gasteiger partial charge in [0.15, 0.2) is 0 Å². The summed E-state index contributed by atoms with van der Waals surface area (Å²) in [6, 6.07) is 3.32. The summed E-state index contributed by atoms with van der Waals surface area (Å²) in [5, 5.41) is 6.87. The molecule has 116 valence electrons. The molecular weight excluding hydrogens is 248 g/mol. The lowest BCUT2D eigenvalue weighted by molar-refractivity contribution is 0.255. The van der Waals surface area contributed by atoms with Crippen molar-refractivity contribution in [3.8, 4) is 0 Å². The van der Waals surface area contributed by atoms with Crippen molar-refractivity contribution in [3.63, 3.8) is 0 Å². The fraction of sp³-hybridized carbons (Fsp3) is 1.00. The van der Waals surface area contributed by atoms with Crippen LogP contribution in [0.15, 0.2) is 0 Å². The fourth-order valence-electron chi connectivity index (χ4n) is 4.74. The molecule has 0 aliphatic carbocycles. The normalized spacial score (nSPS) is 48.0. The first-order valence-corrected chi connectivity index (χ1v) is 8.43. The molecule has 0 bridgehead atoms. The Labute approximate surface area is 124 Å². The first-order valence-electron chi connectivity index (χ1n) is 8.43. The Morgan fingerprint density at radius 3 is 1.45 bits per heavy atom. The van der Waals surface area contributed by atoms with Gasteiger partial charge in [-0.1, -0.05) is 0 Å². The van der Waals surface area contributed by atoms with Gasteiger partial charge in [-0.3, -0.25) is 9.80 Å². The predicted octanol–water partition coefficient (Wildman–Crippen LogP) is 0.597. The van der Waals surface area contributed by atoms with Crippen molar-refractivity contribution in [2.45, 2.75) is 50.9 Å². The lowest BCUT2D eigenvalue weighted by Crippen LogP contribution is -2.34. The highest BCUT2D eigenvalue weighted by molar-refractivity contribution is 4.97. The maximum Gasteiger partial charge on any atom is 0.0261 e. The van der Waals surface area contributed by atoms with Crippen LogP contribution < -0.4 is 10.6 Å². The Hall–Kier alpha value is -0.160. The van der Waals surface area contributed by atoms with Gasteiger partial charge in [0, 0.05) is 37.3 Å². The maximum atomic E-state index is 3.43. The Morgan fingerprint density at radius 1 is 0.700 bits per heavy atom. The SMILES string of the molecule is CC1CC2CNCC2N1C.CC1CC2CNCC2N1C. The van der Waals surface area contributed by atoms with E-state index in [0.29, 0.717) is 0 Å². The summed E-state index contributed by atoms with van der Waals surface area (Å²) in [5.74, 6) is 1.89. The molecule has 0 amide bonds. The minimum atomic E-state index is 0.817. The molecule has 0 aromatic rings. The molecule has 4 heterocycles. The van der Waals surface area contributed by atoms with Crippen molar-refractivity contribution >= 4 is 0 Å². The van der Waals surface area contributed by atoms with Crippen LogP contribution in [0.25, 0.3) is 0 Å². The molecule has 2 N–H and O–H groups in total. The zero-order valence-electron chi connectivity index (χ0n) is 13.6. The number of fused-ring (bicyclic) bond motifs is 2. The summed E-state index contributed by atoms with van der Waals surface area (Å²) in [7, 11) is 4.50. The van der Waals surface area contributed by atoms with E-state index in [0.717, 1.165) is 36.0 Å². The summed E-state index contributed by atoms with van der Waals surface area (Å²) >= 11 is 0. The third kappa shape index (κ3) is 2.63. The van der Waals surface area contributed by atoms with Crippen LogP contribution in [0.1, 0.15) is 26.7 Å². The minimum absolute atomic E-state index is 0.817. The van der Waals surface area contributed by atoms with Gasteiger partial charge in [-0.15, -0.1) is 0 Å². The first kappa shape index (κ1) is 14.8. The molecule has 0 saturated carbocycles. The molecule has 4 heteroatoms. The summed E-state index contributed by atoms with van der Waals surface area (Å²) in [4.78, 5) is 5.04. The van der Waals surface area contributed by atoms with E-state index in [1.165, 1.54) is 39.0 Å². The van der Waals surface area contributed by atoms with Gasteiger partial charge in [-0.25, -0.2) is 0 Å². The van der Waals surface area contributed by atoms with Crippen LogP contribution in [0.5, 0.6) is 0 Å². The summed E-state index contributed by atoms with van der Waals surface area (Å²) in [6.45, 7) is 9.59. The molecular formula is C16H32N4. The van der Waals surface area contributed by atoms with Gasteiger partial charge in [0.1, 0.15) is 0 Å². The molecule has 6 unspecified atom stereocenters. The van der Waals surface area contributed by atoms with Crippen LogP contribution >= 0.6 is 0 Å². The number of nitrogens with one attached hydrogen (secondary N) is 2. The zero-order chi connectivity index (χ0) is 14.3. The van der Waals surface area contributed by atoms with Crippen molar-refractivity contribution in [2.75, 3.05) is 40.3 Å². The maximum absolute atomic E-state index is 3.43. The smallest absolute Gasteiger partial charge is 0.0261 e. The second-order valence-corrected chi connectivity index (χ2v) is 7.47. The molecule has 0 aromatic carbocycles. The second kappa shape index (κ2) is 5.91. The number of hydrogen-bond acceptors (Lipinski definition) is 4. The third-order valence-corrected chi connectivity index (χ3v) is 6.33. The number of rotatable bonds is 0. The molecule has 0 aromatic heterocycles. The van der Waals surface area contributed by atoms with Crippen LogP contribution in [0.2, 0.25) is 0 Å². The number of nitrogens with zero attached hydrogens (tertiary/aromatic N) is 2. The average Bonchev–Trinajstić information content (AvgIpc) is 3.13. The fourth-order valence-corrected chi connectivity index (χ4v) is 4.74. The van der Waals surface area contributed by atoms with E-state index in [1.54, 1.807) is 0 Å². The monoisotopic (exact) mass is 280 g/mol. The number of likely N-dealkylation sites (N-methyl/N-ethyl adjacent to an activating group) is 2. The molecule has 4 saturated heterocycles. The van der Waals surface area contributed by atoms with E-state index >= 15 is 0 Å². The Kier molecular flexibility index (Phi) is 4.37. The molecule has 4 nitrogen and oxygen atoms in total. The van der Waals surface area contributed by atoms with Crippen molar-refractivity contribution < 1.29 is 0 Å². The van der Waals surface area contributed by atoms with Gasteiger partial charge >= 0.3 is 0 Å². The lowest BCUT2D eigenvalue weighted by Gasteiger charge is -2.21. The molecule has 4 rings (SSSR count). The number of likely N-dealkylation sites (tertiary alicyclic amines) is 2. The van der Waals surface area contributed by atoms with E-state index in [-0.39, 0.29) is 0 Å². The molecule has 4 aliphatic heterocycles. The highest BCUT2D eigenvalue weighted by Crippen LogP contribution is 2.30. The molecule has 4 fully saturated rings. The lowest BCUT2D eigenvalue weighted by atomic mass is 10.0. The molecule has 4 aliphatic rings. The highest BCUT2D eigenvalue weighted by atomic mass is 15.2. The largest absolute Gasteiger partial charge is 0.315 e. The molecule has 20 heavy (non-hydrogen) atoms. The van der Waals surface area contributed by atoms with Gasteiger partial charge in [0.05, 0.1) is 0 Å². The van der Waals surface area contributed by atoms with Gasteiger partial charge in [0.2, 0.25) is 0 Å². The van der Waals surface area contributed by atoms with Crippen LogP contribution in [-0.4, -0.2) is 74.2 Å². The molecule has 6 atom stereocenters. The molecule has 0 radical (unpaired) electrons. The summed E-state index contributed by atoms with van der Waals surface area (Å²) in [6.07, 6.45) is 2.79. The van der Waals surface area contributed by atoms with Crippen LogP contribution in [-0.2, 0) is 0 Å². The van der Waals surface area contributed by atoms with Crippen molar-refractivity contribution in [1.82, 2.24) is 20.4 Å². The van der Waals surface area contributed by atoms with E-state index in [4.69, 9.17) is 0 Å². The van der Waals surface area contributed by atoms with Crippen LogP contribution in [0, 0.1) is 11.8 Å². The highest BCUT2D eigenvalue weighted by Gasteiger charge is 2.40. The standard InChI is InChI=1S/2C8H16N2/c2*1-6-3-7-4-9-5-8(7)10(6)2/h2*6-9H,3-5H2,1-2H3. The zero-order valence-corrected chi connectivity index (χ0v) is 13.6. The predicted molar refractivity (Wildman–Crippen MR) is 84.0 cm³/mol. The quantitative estimate of drug-likeness (QED) is 0.680.